The van der Waals surface area contributed by atoms with Crippen LogP contribution in [0.4, 0.5) is 0 Å². The Bertz CT molecular complexity index is 488. The van der Waals surface area contributed by atoms with Crippen molar-refractivity contribution in [1.29, 1.82) is 0 Å². The van der Waals surface area contributed by atoms with Crippen molar-refractivity contribution in [3.8, 4) is 5.75 Å². The Hall–Kier alpha value is -1.26. The zero-order valence-corrected chi connectivity index (χ0v) is 14.6. The lowest BCUT2D eigenvalue weighted by molar-refractivity contribution is -0.132. The summed E-state index contributed by atoms with van der Waals surface area (Å²) in [7, 11) is 0. The van der Waals surface area contributed by atoms with Gasteiger partial charge < -0.3 is 15.0 Å². The predicted molar refractivity (Wildman–Crippen MR) is 94.0 cm³/mol. The van der Waals surface area contributed by atoms with Gasteiger partial charge in [0.25, 0.3) is 0 Å². The van der Waals surface area contributed by atoms with Crippen LogP contribution in [0.1, 0.15) is 32.6 Å². The van der Waals surface area contributed by atoms with Crippen LogP contribution in [-0.4, -0.2) is 43.6 Å². The fourth-order valence-corrected chi connectivity index (χ4v) is 3.05. The Morgan fingerprint density at radius 1 is 1.35 bits per heavy atom. The molecule has 2 rings (SSSR count). The second-order valence-electron chi connectivity index (χ2n) is 6.01. The van der Waals surface area contributed by atoms with Gasteiger partial charge in [-0.05, 0) is 50.4 Å². The molecule has 0 saturated carbocycles. The Morgan fingerprint density at radius 3 is 2.78 bits per heavy atom. The number of piperidine rings is 1. The van der Waals surface area contributed by atoms with Crippen LogP contribution in [0.5, 0.6) is 5.75 Å². The molecular formula is C18H27ClN2O2. The monoisotopic (exact) mass is 338 g/mol. The van der Waals surface area contributed by atoms with Gasteiger partial charge >= 0.3 is 0 Å². The van der Waals surface area contributed by atoms with Crippen molar-refractivity contribution in [3.05, 3.63) is 29.3 Å². The van der Waals surface area contributed by atoms with Crippen LogP contribution < -0.4 is 10.1 Å². The number of benzene rings is 1. The summed E-state index contributed by atoms with van der Waals surface area (Å²) in [6.45, 7) is 6.52. The molecule has 0 aromatic heterocycles. The average molecular weight is 339 g/mol. The predicted octanol–water partition coefficient (Wildman–Crippen LogP) is 3.35. The summed E-state index contributed by atoms with van der Waals surface area (Å²) < 4.78 is 5.62. The van der Waals surface area contributed by atoms with E-state index >= 15 is 0 Å². The van der Waals surface area contributed by atoms with Gasteiger partial charge in [-0.15, -0.1) is 0 Å². The minimum absolute atomic E-state index is 0.245. The molecule has 1 aliphatic heterocycles. The molecule has 0 atom stereocenters. The largest absolute Gasteiger partial charge is 0.492 e. The number of hydrogen-bond acceptors (Lipinski definition) is 3. The highest BCUT2D eigenvalue weighted by atomic mass is 35.5. The maximum absolute atomic E-state index is 12.2. The van der Waals surface area contributed by atoms with Crippen LogP contribution in [0.15, 0.2) is 24.3 Å². The summed E-state index contributed by atoms with van der Waals surface area (Å²) in [4.78, 5) is 14.2. The number of amides is 1. The number of nitrogens with zero attached hydrogens (tertiary/aromatic N) is 1. The van der Waals surface area contributed by atoms with E-state index in [-0.39, 0.29) is 5.91 Å². The second kappa shape index (κ2) is 9.78. The van der Waals surface area contributed by atoms with Gasteiger partial charge in [-0.3, -0.25) is 4.79 Å². The quantitative estimate of drug-likeness (QED) is 0.739. The van der Waals surface area contributed by atoms with Gasteiger partial charge in [0.1, 0.15) is 5.75 Å². The van der Waals surface area contributed by atoms with Crippen molar-refractivity contribution < 1.29 is 9.53 Å². The first-order valence-electron chi connectivity index (χ1n) is 8.56. The van der Waals surface area contributed by atoms with E-state index in [1.54, 1.807) is 6.07 Å². The van der Waals surface area contributed by atoms with Crippen molar-refractivity contribution in [3.63, 3.8) is 0 Å². The molecule has 0 bridgehead atoms. The maximum atomic E-state index is 12.2. The summed E-state index contributed by atoms with van der Waals surface area (Å²) in [5, 5.41) is 4.01. The summed E-state index contributed by atoms with van der Waals surface area (Å²) in [6, 6.07) is 7.42. The second-order valence-corrected chi connectivity index (χ2v) is 6.42. The number of para-hydroxylation sites is 1. The first-order valence-corrected chi connectivity index (χ1v) is 8.94. The fraction of sp³-hybridized carbons (Fsp3) is 0.611. The topological polar surface area (TPSA) is 41.6 Å². The van der Waals surface area contributed by atoms with E-state index in [2.05, 4.69) is 12.2 Å². The molecule has 1 saturated heterocycles. The molecule has 1 N–H and O–H groups in total. The van der Waals surface area contributed by atoms with E-state index in [4.69, 9.17) is 16.3 Å². The average Bonchev–Trinajstić information content (AvgIpc) is 2.58. The Labute approximate surface area is 144 Å². The molecule has 1 aromatic carbocycles. The third-order valence-electron chi connectivity index (χ3n) is 4.28. The molecule has 0 spiro atoms. The Kier molecular flexibility index (Phi) is 7.69. The molecule has 1 aromatic rings. The van der Waals surface area contributed by atoms with Crippen molar-refractivity contribution in [1.82, 2.24) is 10.2 Å². The molecule has 0 aliphatic carbocycles. The minimum Gasteiger partial charge on any atom is -0.492 e. The highest BCUT2D eigenvalue weighted by Gasteiger charge is 2.21. The van der Waals surface area contributed by atoms with Crippen molar-refractivity contribution in [2.75, 3.05) is 32.8 Å². The molecule has 1 amide bonds. The van der Waals surface area contributed by atoms with Crippen LogP contribution in [-0.2, 0) is 4.79 Å². The van der Waals surface area contributed by atoms with E-state index in [1.807, 2.05) is 23.1 Å². The number of nitrogens with one attached hydrogen (secondary N) is 1. The zero-order chi connectivity index (χ0) is 16.5. The first-order chi connectivity index (χ1) is 11.2. The molecule has 23 heavy (non-hydrogen) atoms. The molecule has 0 radical (unpaired) electrons. The Balaban J connectivity index is 1.61. The highest BCUT2D eigenvalue weighted by molar-refractivity contribution is 6.32. The van der Waals surface area contributed by atoms with Crippen LogP contribution in [0.25, 0.3) is 0 Å². The number of hydrogen-bond donors (Lipinski definition) is 1. The lowest BCUT2D eigenvalue weighted by atomic mass is 9.96. The Morgan fingerprint density at radius 2 is 2.09 bits per heavy atom. The molecule has 1 fully saturated rings. The first kappa shape index (κ1) is 18.1. The number of rotatable bonds is 8. The van der Waals surface area contributed by atoms with Crippen LogP contribution >= 0.6 is 11.6 Å². The summed E-state index contributed by atoms with van der Waals surface area (Å²) in [5.74, 6) is 1.64. The van der Waals surface area contributed by atoms with Gasteiger partial charge in [0.15, 0.2) is 0 Å². The van der Waals surface area contributed by atoms with Gasteiger partial charge in [-0.2, -0.15) is 0 Å². The molecule has 1 aliphatic rings. The number of ether oxygens (including phenoxy) is 1. The highest BCUT2D eigenvalue weighted by Crippen LogP contribution is 2.23. The van der Waals surface area contributed by atoms with E-state index < -0.39 is 0 Å². The standard InChI is InChI=1S/C18H27ClN2O2/c1-2-20-14-15-9-11-21(12-10-15)18(22)8-5-13-23-17-7-4-3-6-16(17)19/h3-4,6-7,15,20H,2,5,8-14H2,1H3. The molecule has 0 unspecified atom stereocenters. The van der Waals surface area contributed by atoms with Gasteiger partial charge in [-0.1, -0.05) is 30.7 Å². The van der Waals surface area contributed by atoms with E-state index in [0.717, 1.165) is 45.4 Å². The summed E-state index contributed by atoms with van der Waals surface area (Å²) in [5.41, 5.74) is 0. The van der Waals surface area contributed by atoms with E-state index in [1.165, 1.54) is 0 Å². The molecule has 4 nitrogen and oxygen atoms in total. The van der Waals surface area contributed by atoms with E-state index in [0.29, 0.717) is 29.7 Å². The normalized spacial score (nSPS) is 15.7. The number of halogens is 1. The number of carbonyl (C=O) groups excluding carboxylic acids is 1. The van der Waals surface area contributed by atoms with Gasteiger partial charge in [0.2, 0.25) is 5.91 Å². The fourth-order valence-electron chi connectivity index (χ4n) is 2.86. The van der Waals surface area contributed by atoms with Crippen LogP contribution in [0, 0.1) is 5.92 Å². The van der Waals surface area contributed by atoms with Crippen molar-refractivity contribution >= 4 is 17.5 Å². The third kappa shape index (κ3) is 6.04. The summed E-state index contributed by atoms with van der Waals surface area (Å²) in [6.07, 6.45) is 3.48. The summed E-state index contributed by atoms with van der Waals surface area (Å²) >= 11 is 6.03. The van der Waals surface area contributed by atoms with E-state index in [9.17, 15) is 4.79 Å². The van der Waals surface area contributed by atoms with Crippen LogP contribution in [0.3, 0.4) is 0 Å². The van der Waals surface area contributed by atoms with Gasteiger partial charge in [-0.25, -0.2) is 0 Å². The molecular weight excluding hydrogens is 312 g/mol. The molecule has 5 heteroatoms. The smallest absolute Gasteiger partial charge is 0.222 e. The SMILES string of the molecule is CCNCC1CCN(C(=O)CCCOc2ccccc2Cl)CC1. The number of likely N-dealkylation sites (tertiary alicyclic amines) is 1. The van der Waals surface area contributed by atoms with Crippen molar-refractivity contribution in [2.45, 2.75) is 32.6 Å². The lowest BCUT2D eigenvalue weighted by Gasteiger charge is -2.32. The number of carbonyl (C=O) groups is 1. The maximum Gasteiger partial charge on any atom is 0.222 e. The lowest BCUT2D eigenvalue weighted by Crippen LogP contribution is -2.40. The molecule has 1 heterocycles. The zero-order valence-electron chi connectivity index (χ0n) is 13.9. The van der Waals surface area contributed by atoms with Gasteiger partial charge in [0, 0.05) is 19.5 Å². The molecule has 128 valence electrons. The minimum atomic E-state index is 0.245. The van der Waals surface area contributed by atoms with Crippen molar-refractivity contribution in [2.24, 2.45) is 5.92 Å². The third-order valence-corrected chi connectivity index (χ3v) is 4.59. The van der Waals surface area contributed by atoms with Gasteiger partial charge in [0.05, 0.1) is 11.6 Å². The van der Waals surface area contributed by atoms with Crippen LogP contribution in [0.2, 0.25) is 5.02 Å².